The van der Waals surface area contributed by atoms with Crippen molar-refractivity contribution < 1.29 is 9.90 Å². The predicted octanol–water partition coefficient (Wildman–Crippen LogP) is 2.85. The van der Waals surface area contributed by atoms with Crippen molar-refractivity contribution in [1.29, 1.82) is 0 Å². The molecule has 5 rings (SSSR count). The maximum atomic E-state index is 13.2. The smallest absolute Gasteiger partial charge is 0.274 e. The Labute approximate surface area is 197 Å². The van der Waals surface area contributed by atoms with Gasteiger partial charge in [-0.1, -0.05) is 6.07 Å². The lowest BCUT2D eigenvalue weighted by Crippen LogP contribution is -2.31. The minimum atomic E-state index is -0.502. The van der Waals surface area contributed by atoms with Crippen LogP contribution in [0.5, 0.6) is 0 Å². The van der Waals surface area contributed by atoms with Crippen LogP contribution in [-0.4, -0.2) is 59.7 Å². The Morgan fingerprint density at radius 1 is 1.18 bits per heavy atom. The number of carbonyl (C=O) groups excluding carboxylic acids is 1. The summed E-state index contributed by atoms with van der Waals surface area (Å²) < 4.78 is 3.39. The molecule has 0 aliphatic carbocycles. The van der Waals surface area contributed by atoms with Crippen molar-refractivity contribution in [3.8, 4) is 11.3 Å². The van der Waals surface area contributed by atoms with E-state index in [-0.39, 0.29) is 5.91 Å². The number of rotatable bonds is 6. The molecule has 0 bridgehead atoms. The second-order valence-corrected chi connectivity index (χ2v) is 8.79. The highest BCUT2D eigenvalue weighted by Gasteiger charge is 2.20. The minimum absolute atomic E-state index is 0.302. The van der Waals surface area contributed by atoms with E-state index < -0.39 is 6.10 Å². The Balaban J connectivity index is 1.43. The first-order chi connectivity index (χ1) is 16.5. The number of nitrogens with zero attached hydrogens (tertiary/aromatic N) is 7. The minimum Gasteiger partial charge on any atom is -0.391 e. The van der Waals surface area contributed by atoms with Gasteiger partial charge in [-0.25, -0.2) is 9.97 Å². The summed E-state index contributed by atoms with van der Waals surface area (Å²) in [6, 6.07) is 7.26. The standard InChI is InChI=1S/C24H28N8O2/c1-16(33)13-32-15-18(12-25-32)19-7-6-8-20(26-19)24(34)27-21-11-17-14-30(2)29-22(17)28-23(21)31-9-4-3-5-10-31/h6-8,11-12,14-16,33H,3-5,9-10,13H2,1-2H3,(H,27,34). The van der Waals surface area contributed by atoms with Gasteiger partial charge >= 0.3 is 0 Å². The van der Waals surface area contributed by atoms with Gasteiger partial charge in [-0.15, -0.1) is 0 Å². The molecule has 1 saturated heterocycles. The summed E-state index contributed by atoms with van der Waals surface area (Å²) in [6.45, 7) is 3.90. The first-order valence-electron chi connectivity index (χ1n) is 11.5. The summed E-state index contributed by atoms with van der Waals surface area (Å²) >= 11 is 0. The SMILES string of the molecule is CC(O)Cn1cc(-c2cccc(C(=O)Nc3cc4cn(C)nc4nc3N3CCCCC3)n2)cn1. The number of hydrogen-bond acceptors (Lipinski definition) is 7. The van der Waals surface area contributed by atoms with Gasteiger partial charge in [0.15, 0.2) is 11.5 Å². The van der Waals surface area contributed by atoms with Crippen molar-refractivity contribution in [1.82, 2.24) is 29.5 Å². The average Bonchev–Trinajstić information content (AvgIpc) is 3.44. The van der Waals surface area contributed by atoms with Gasteiger partial charge in [-0.05, 0) is 44.4 Å². The summed E-state index contributed by atoms with van der Waals surface area (Å²) in [5.74, 6) is 0.441. The molecule has 4 aromatic rings. The third-order valence-electron chi connectivity index (χ3n) is 5.85. The number of aromatic nitrogens is 6. The van der Waals surface area contributed by atoms with Gasteiger partial charge in [0.25, 0.3) is 5.91 Å². The van der Waals surface area contributed by atoms with Crippen LogP contribution in [0.3, 0.4) is 0 Å². The Hall–Kier alpha value is -3.79. The molecule has 2 N–H and O–H groups in total. The Bertz CT molecular complexity index is 1320. The highest BCUT2D eigenvalue weighted by atomic mass is 16.3. The second kappa shape index (κ2) is 9.22. The summed E-state index contributed by atoms with van der Waals surface area (Å²) in [6.07, 6.45) is 8.28. The van der Waals surface area contributed by atoms with Crippen LogP contribution in [-0.2, 0) is 13.6 Å². The van der Waals surface area contributed by atoms with Crippen LogP contribution in [0.2, 0.25) is 0 Å². The van der Waals surface area contributed by atoms with E-state index in [1.807, 2.05) is 31.6 Å². The number of piperidine rings is 1. The number of hydrogen-bond donors (Lipinski definition) is 2. The molecule has 0 spiro atoms. The zero-order chi connectivity index (χ0) is 23.7. The van der Waals surface area contributed by atoms with Gasteiger partial charge in [0.2, 0.25) is 0 Å². The lowest BCUT2D eigenvalue weighted by atomic mass is 10.1. The monoisotopic (exact) mass is 460 g/mol. The Morgan fingerprint density at radius 3 is 2.79 bits per heavy atom. The normalized spacial score (nSPS) is 15.0. The molecule has 1 amide bonds. The fourth-order valence-corrected chi connectivity index (χ4v) is 4.28. The summed E-state index contributed by atoms with van der Waals surface area (Å²) in [7, 11) is 1.86. The summed E-state index contributed by atoms with van der Waals surface area (Å²) in [5, 5.41) is 22.2. The van der Waals surface area contributed by atoms with Crippen LogP contribution in [0.25, 0.3) is 22.3 Å². The van der Waals surface area contributed by atoms with Crippen molar-refractivity contribution in [3.63, 3.8) is 0 Å². The number of nitrogens with one attached hydrogen (secondary N) is 1. The topological polar surface area (TPSA) is 114 Å². The van der Waals surface area contributed by atoms with E-state index in [0.717, 1.165) is 42.7 Å². The maximum absolute atomic E-state index is 13.2. The van der Waals surface area contributed by atoms with E-state index in [9.17, 15) is 9.90 Å². The van der Waals surface area contributed by atoms with Gasteiger partial charge in [0.05, 0.1) is 30.2 Å². The molecule has 1 fully saturated rings. The third-order valence-corrected chi connectivity index (χ3v) is 5.85. The molecule has 0 aromatic carbocycles. The number of amides is 1. The molecule has 1 aliphatic heterocycles. The van der Waals surface area contributed by atoms with Gasteiger partial charge in [-0.2, -0.15) is 10.2 Å². The molecule has 4 aromatic heterocycles. The van der Waals surface area contributed by atoms with Crippen LogP contribution in [0.1, 0.15) is 36.7 Å². The average molecular weight is 461 g/mol. The number of fused-ring (bicyclic) bond motifs is 1. The van der Waals surface area contributed by atoms with Gasteiger partial charge in [0, 0.05) is 43.5 Å². The van der Waals surface area contributed by atoms with Gasteiger partial charge in [0.1, 0.15) is 5.69 Å². The molecular weight excluding hydrogens is 432 g/mol. The summed E-state index contributed by atoms with van der Waals surface area (Å²) in [5.41, 5.74) is 3.04. The molecule has 5 heterocycles. The first kappa shape index (κ1) is 22.0. The van der Waals surface area contributed by atoms with Crippen LogP contribution < -0.4 is 10.2 Å². The van der Waals surface area contributed by atoms with Crippen molar-refractivity contribution in [2.75, 3.05) is 23.3 Å². The molecule has 1 atom stereocenters. The fraction of sp³-hybridized carbons (Fsp3) is 0.375. The molecule has 0 saturated carbocycles. The number of aliphatic hydroxyl groups is 1. The summed E-state index contributed by atoms with van der Waals surface area (Å²) in [4.78, 5) is 24.8. The van der Waals surface area contributed by atoms with E-state index in [1.54, 1.807) is 34.6 Å². The quantitative estimate of drug-likeness (QED) is 0.455. The molecule has 34 heavy (non-hydrogen) atoms. The first-order valence-corrected chi connectivity index (χ1v) is 11.5. The van der Waals surface area contributed by atoms with Crippen molar-refractivity contribution in [2.45, 2.75) is 38.8 Å². The zero-order valence-electron chi connectivity index (χ0n) is 19.3. The van der Waals surface area contributed by atoms with E-state index >= 15 is 0 Å². The molecule has 176 valence electrons. The zero-order valence-corrected chi connectivity index (χ0v) is 19.3. The van der Waals surface area contributed by atoms with Crippen molar-refractivity contribution in [2.24, 2.45) is 7.05 Å². The van der Waals surface area contributed by atoms with Crippen LogP contribution >= 0.6 is 0 Å². The fourth-order valence-electron chi connectivity index (χ4n) is 4.28. The number of pyridine rings is 2. The highest BCUT2D eigenvalue weighted by Crippen LogP contribution is 2.30. The maximum Gasteiger partial charge on any atom is 0.274 e. The van der Waals surface area contributed by atoms with Gasteiger partial charge in [-0.3, -0.25) is 14.2 Å². The van der Waals surface area contributed by atoms with Crippen LogP contribution in [0.4, 0.5) is 11.5 Å². The Kier molecular flexibility index (Phi) is 5.97. The Morgan fingerprint density at radius 2 is 2.00 bits per heavy atom. The molecule has 1 unspecified atom stereocenters. The molecular formula is C24H28N8O2. The van der Waals surface area contributed by atoms with Crippen molar-refractivity contribution >= 4 is 28.4 Å². The number of anilines is 2. The van der Waals surface area contributed by atoms with E-state index in [2.05, 4.69) is 25.4 Å². The molecule has 0 radical (unpaired) electrons. The second-order valence-electron chi connectivity index (χ2n) is 8.79. The van der Waals surface area contributed by atoms with E-state index in [0.29, 0.717) is 29.3 Å². The number of aliphatic hydroxyl groups excluding tert-OH is 1. The van der Waals surface area contributed by atoms with E-state index in [1.165, 1.54) is 6.42 Å². The molecule has 10 heteroatoms. The van der Waals surface area contributed by atoms with Crippen molar-refractivity contribution in [3.05, 3.63) is 48.5 Å². The number of aryl methyl sites for hydroxylation is 1. The third kappa shape index (κ3) is 4.62. The van der Waals surface area contributed by atoms with Crippen LogP contribution in [0, 0.1) is 0 Å². The lowest BCUT2D eigenvalue weighted by Gasteiger charge is -2.29. The predicted molar refractivity (Wildman–Crippen MR) is 130 cm³/mol. The van der Waals surface area contributed by atoms with Crippen LogP contribution in [0.15, 0.2) is 42.9 Å². The largest absolute Gasteiger partial charge is 0.391 e. The number of carbonyl (C=O) groups is 1. The van der Waals surface area contributed by atoms with Gasteiger partial charge < -0.3 is 15.3 Å². The molecule has 10 nitrogen and oxygen atoms in total. The highest BCUT2D eigenvalue weighted by molar-refractivity contribution is 6.05. The van der Waals surface area contributed by atoms with E-state index in [4.69, 9.17) is 4.98 Å². The lowest BCUT2D eigenvalue weighted by molar-refractivity contribution is 0.102. The molecule has 1 aliphatic rings.